The highest BCUT2D eigenvalue weighted by Crippen LogP contribution is 2.65. The van der Waals surface area contributed by atoms with Gasteiger partial charge in [-0.15, -0.1) is 0 Å². The molecule has 0 N–H and O–H groups in total. The van der Waals surface area contributed by atoms with Gasteiger partial charge >= 0.3 is 15.2 Å². The quantitative estimate of drug-likeness (QED) is 0.195. The third kappa shape index (κ3) is 9.80. The lowest BCUT2D eigenvalue weighted by Gasteiger charge is -2.37. The van der Waals surface area contributed by atoms with Crippen LogP contribution in [0.2, 0.25) is 0 Å². The molecule has 0 radical (unpaired) electrons. The third-order valence-corrected chi connectivity index (χ3v) is 16.5. The van der Waals surface area contributed by atoms with Crippen molar-refractivity contribution in [3.8, 4) is 0 Å². The van der Waals surface area contributed by atoms with E-state index in [-0.39, 0.29) is 32.8 Å². The number of fused-ring (bicyclic) bond motifs is 5. The molecule has 8 rings (SSSR count). The van der Waals surface area contributed by atoms with Crippen molar-refractivity contribution in [2.75, 3.05) is 46.0 Å². The Hall–Kier alpha value is -0.260. The number of rotatable bonds is 16. The molecule has 0 saturated carbocycles. The number of methoxy groups -OCH3 is 1. The lowest BCUT2D eigenvalue weighted by atomic mass is 9.99. The second kappa shape index (κ2) is 16.6. The zero-order chi connectivity index (χ0) is 43.3. The zero-order valence-corrected chi connectivity index (χ0v) is 38.4. The number of hydrogen-bond acceptors (Lipinski definition) is 20. The normalized spacial score (nSPS) is 44.9. The van der Waals surface area contributed by atoms with Crippen molar-refractivity contribution in [1.29, 1.82) is 0 Å². The van der Waals surface area contributed by atoms with Crippen LogP contribution in [-0.4, -0.2) is 161 Å². The van der Waals surface area contributed by atoms with Crippen molar-refractivity contribution in [3.63, 3.8) is 0 Å². The maximum Gasteiger partial charge on any atom is 0.342 e. The minimum atomic E-state index is -4.43. The van der Waals surface area contributed by atoms with E-state index in [1.807, 2.05) is 27.7 Å². The van der Waals surface area contributed by atoms with Crippen LogP contribution in [0.5, 0.6) is 0 Å². The first-order valence-electron chi connectivity index (χ1n) is 20.9. The monoisotopic (exact) mass is 902 g/mol. The summed E-state index contributed by atoms with van der Waals surface area (Å²) < 4.78 is 140. The lowest BCUT2D eigenvalue weighted by Crippen LogP contribution is -2.56. The molecule has 8 aliphatic heterocycles. The van der Waals surface area contributed by atoms with E-state index < -0.39 is 136 Å². The SMILES string of the molecule is CCOP(=O)(CP(=O)(OC[C@H]1O[C@@H]2OC(C)(C)O[C@@H]2[C@H]2OC(C)(C)O[C@H]21)OC[C@H]1O[C@@H](OC)[C@@H]2OC(C)(C)O[C@@H]21)OCC[C@@H]1O[C@H]([C@@H]2COC(C)(C)O2)[C@@H]2OC(C)(C)O[C@@H]21. The van der Waals surface area contributed by atoms with Gasteiger partial charge in [-0.3, -0.25) is 9.13 Å². The highest BCUT2D eigenvalue weighted by molar-refractivity contribution is 7.71. The summed E-state index contributed by atoms with van der Waals surface area (Å²) in [5.74, 6) is -5.27. The molecule has 0 spiro atoms. The van der Waals surface area contributed by atoms with Crippen molar-refractivity contribution >= 4 is 15.2 Å². The highest BCUT2D eigenvalue weighted by Gasteiger charge is 2.62. The van der Waals surface area contributed by atoms with Crippen LogP contribution in [0.4, 0.5) is 0 Å². The van der Waals surface area contributed by atoms with E-state index >= 15 is 4.57 Å². The molecular weight excluding hydrogens is 838 g/mol. The minimum Gasteiger partial charge on any atom is -0.366 e. The summed E-state index contributed by atoms with van der Waals surface area (Å²) in [5.41, 5.74) is 0. The Labute approximate surface area is 351 Å². The van der Waals surface area contributed by atoms with Gasteiger partial charge in [0.25, 0.3) is 0 Å². The van der Waals surface area contributed by atoms with Crippen molar-refractivity contribution in [2.45, 2.75) is 197 Å². The molecule has 60 heavy (non-hydrogen) atoms. The molecule has 0 aliphatic carbocycles. The predicted molar refractivity (Wildman–Crippen MR) is 204 cm³/mol. The van der Waals surface area contributed by atoms with Crippen molar-refractivity contribution < 1.29 is 93.5 Å². The van der Waals surface area contributed by atoms with Crippen LogP contribution in [0.3, 0.4) is 0 Å². The molecule has 16 atom stereocenters. The van der Waals surface area contributed by atoms with Gasteiger partial charge in [-0.05, 0) is 76.2 Å². The standard InChI is InChI=1S/C38H64O20P2/c1-13-43-59(39,44-15-14-20-25-28(54-35(4,5)51-25)24(47-20)23-16-42-34(2,3)50-23)19-60(40,46-18-22-27-30(32(41-12)48-22)56-37(8,9)53-27)45-17-21-26-29(55-36(6,7)52-26)31-33(49-21)58-38(10,11)57-31/h20-33H,13-19H2,1-12H3/t20-,21+,22+,23-,24+,25+,26-,27+,28-,29-,30+,31+,32+,33+,59?,60?/m0/s1. The molecule has 0 bridgehead atoms. The Kier molecular flexibility index (Phi) is 12.8. The summed E-state index contributed by atoms with van der Waals surface area (Å²) in [6.07, 6.45) is -8.43. The maximum atomic E-state index is 15.1. The molecule has 8 aliphatic rings. The predicted octanol–water partition coefficient (Wildman–Crippen LogP) is 4.53. The fourth-order valence-corrected chi connectivity index (χ4v) is 13.9. The van der Waals surface area contributed by atoms with Gasteiger partial charge in [-0.25, -0.2) is 0 Å². The van der Waals surface area contributed by atoms with E-state index in [1.54, 1.807) is 48.5 Å². The Morgan fingerprint density at radius 2 is 1.02 bits per heavy atom. The number of ether oxygens (including phenoxy) is 14. The first-order valence-corrected chi connectivity index (χ1v) is 24.4. The summed E-state index contributed by atoms with van der Waals surface area (Å²) in [6, 6.07) is 0. The summed E-state index contributed by atoms with van der Waals surface area (Å²) in [5, 5.41) is 0. The van der Waals surface area contributed by atoms with E-state index in [2.05, 4.69) is 0 Å². The van der Waals surface area contributed by atoms with Crippen LogP contribution in [0.1, 0.15) is 82.6 Å². The molecule has 8 saturated heterocycles. The molecular formula is C38H64O20P2. The molecule has 0 amide bonds. The first kappa shape index (κ1) is 46.3. The van der Waals surface area contributed by atoms with Crippen LogP contribution >= 0.6 is 15.2 Å². The highest BCUT2D eigenvalue weighted by atomic mass is 31.2. The molecule has 0 aromatic rings. The van der Waals surface area contributed by atoms with E-state index in [0.717, 1.165) is 0 Å². The molecule has 2 unspecified atom stereocenters. The van der Waals surface area contributed by atoms with Gasteiger partial charge in [0.1, 0.15) is 67.1 Å². The molecule has 20 nitrogen and oxygen atoms in total. The average Bonchev–Trinajstić information content (AvgIpc) is 3.98. The Morgan fingerprint density at radius 1 is 0.517 bits per heavy atom. The smallest absolute Gasteiger partial charge is 0.342 e. The molecule has 0 aromatic carbocycles. The van der Waals surface area contributed by atoms with Crippen molar-refractivity contribution in [2.24, 2.45) is 0 Å². The fourth-order valence-electron chi connectivity index (χ4n) is 9.25. The molecule has 0 aromatic heterocycles. The van der Waals surface area contributed by atoms with Gasteiger partial charge in [0.2, 0.25) is 0 Å². The Morgan fingerprint density at radius 3 is 1.60 bits per heavy atom. The van der Waals surface area contributed by atoms with Crippen LogP contribution in [0.15, 0.2) is 0 Å². The second-order valence-corrected chi connectivity index (χ2v) is 23.2. The second-order valence-electron chi connectivity index (χ2n) is 18.6. The first-order chi connectivity index (χ1) is 27.9. The van der Waals surface area contributed by atoms with Crippen LogP contribution in [0, 0.1) is 0 Å². The maximum absolute atomic E-state index is 15.1. The van der Waals surface area contributed by atoms with Gasteiger partial charge in [0.15, 0.2) is 47.4 Å². The van der Waals surface area contributed by atoms with Crippen molar-refractivity contribution in [1.82, 2.24) is 0 Å². The largest absolute Gasteiger partial charge is 0.366 e. The van der Waals surface area contributed by atoms with E-state index in [4.69, 9.17) is 84.4 Å². The van der Waals surface area contributed by atoms with Gasteiger partial charge in [0.05, 0.1) is 39.1 Å². The van der Waals surface area contributed by atoms with Crippen molar-refractivity contribution in [3.05, 3.63) is 0 Å². The molecule has 8 heterocycles. The van der Waals surface area contributed by atoms with E-state index in [0.29, 0.717) is 6.61 Å². The molecule has 8 fully saturated rings. The topological polar surface area (TPSA) is 200 Å². The van der Waals surface area contributed by atoms with Gasteiger partial charge < -0.3 is 84.4 Å². The lowest BCUT2D eigenvalue weighted by molar-refractivity contribution is -0.239. The average molecular weight is 903 g/mol. The van der Waals surface area contributed by atoms with Crippen LogP contribution in [0.25, 0.3) is 0 Å². The summed E-state index contributed by atoms with van der Waals surface area (Å²) in [4.78, 5) is 0. The van der Waals surface area contributed by atoms with Gasteiger partial charge in [-0.1, -0.05) is 0 Å². The summed E-state index contributed by atoms with van der Waals surface area (Å²) in [7, 11) is -7.16. The summed E-state index contributed by atoms with van der Waals surface area (Å²) in [6.45, 7) is 19.2. The fraction of sp³-hybridized carbons (Fsp3) is 1.00. The van der Waals surface area contributed by atoms with Crippen LogP contribution in [-0.2, 0) is 93.5 Å². The Bertz CT molecular complexity index is 1640. The Balaban J connectivity index is 0.983. The van der Waals surface area contributed by atoms with E-state index in [9.17, 15) is 4.57 Å². The van der Waals surface area contributed by atoms with E-state index in [1.165, 1.54) is 7.11 Å². The number of hydrogen-bond donors (Lipinski definition) is 0. The third-order valence-electron chi connectivity index (χ3n) is 11.4. The zero-order valence-electron chi connectivity index (χ0n) is 36.6. The molecule has 346 valence electrons. The molecule has 22 heteroatoms. The van der Waals surface area contributed by atoms with Gasteiger partial charge in [-0.2, -0.15) is 0 Å². The van der Waals surface area contributed by atoms with Gasteiger partial charge in [0, 0.05) is 13.5 Å². The van der Waals surface area contributed by atoms with Crippen LogP contribution < -0.4 is 0 Å². The minimum absolute atomic E-state index is 0.0266. The summed E-state index contributed by atoms with van der Waals surface area (Å²) >= 11 is 0.